The monoisotopic (exact) mass is 416 g/mol. The van der Waals surface area contributed by atoms with Gasteiger partial charge in [-0.25, -0.2) is 4.79 Å². The number of β-lactam (4-membered cyclic amide) rings is 1. The Morgan fingerprint density at radius 3 is 2.37 bits per heavy atom. The Labute approximate surface area is 202 Å². The molecule has 0 spiro atoms. The second-order valence-electron chi connectivity index (χ2n) is 6.69. The maximum absolute atomic E-state index is 12.5. The van der Waals surface area contributed by atoms with E-state index in [4.69, 9.17) is 0 Å². The fraction of sp³-hybridized carbons (Fsp3) is 0.412. The van der Waals surface area contributed by atoms with Crippen LogP contribution in [0.1, 0.15) is 25.3 Å². The molecule has 2 aliphatic heterocycles. The molecular weight excluding hydrogens is 399 g/mol. The quantitative estimate of drug-likeness (QED) is 0.228. The molecule has 8 nitrogen and oxygen atoms in total. The minimum absolute atomic E-state index is 0. The van der Waals surface area contributed by atoms with Gasteiger partial charge in [-0.1, -0.05) is 30.3 Å². The van der Waals surface area contributed by atoms with Crippen LogP contribution in [0.3, 0.4) is 0 Å². The number of nitrogens with zero attached hydrogens (tertiary/aromatic N) is 2. The van der Waals surface area contributed by atoms with Gasteiger partial charge in [-0.2, -0.15) is 0 Å². The van der Waals surface area contributed by atoms with Crippen LogP contribution in [0.5, 0.6) is 0 Å². The number of aliphatic carboxylic acids is 2. The predicted octanol–water partition coefficient (Wildman–Crippen LogP) is -2.87. The Morgan fingerprint density at radius 1 is 1.26 bits per heavy atom. The van der Waals surface area contributed by atoms with E-state index in [1.54, 1.807) is 32.0 Å². The largest absolute Gasteiger partial charge is 1.00 e. The summed E-state index contributed by atoms with van der Waals surface area (Å²) < 4.78 is -0.731. The minimum atomic E-state index is -1.49. The van der Waals surface area contributed by atoms with E-state index in [0.29, 0.717) is 0 Å². The van der Waals surface area contributed by atoms with Crippen molar-refractivity contribution in [2.24, 2.45) is 4.99 Å². The first-order valence-corrected chi connectivity index (χ1v) is 8.78. The molecule has 2 fully saturated rings. The van der Waals surface area contributed by atoms with Crippen molar-refractivity contribution in [3.63, 3.8) is 0 Å². The predicted molar refractivity (Wildman–Crippen MR) is 91.8 cm³/mol. The number of fused-ring (bicyclic) bond motifs is 1. The van der Waals surface area contributed by atoms with Crippen LogP contribution in [0.25, 0.3) is 0 Å². The summed E-state index contributed by atoms with van der Waals surface area (Å²) in [6.07, 6.45) is 0. The molecule has 0 aromatic heterocycles. The molecular formula is C17H17KN2O6S. The van der Waals surface area contributed by atoms with E-state index in [1.807, 2.05) is 0 Å². The summed E-state index contributed by atoms with van der Waals surface area (Å²) in [5.74, 6) is -5.44. The Hall–Kier alpha value is -0.914. The van der Waals surface area contributed by atoms with E-state index < -0.39 is 51.9 Å². The maximum Gasteiger partial charge on any atom is 1.00 e. The number of carboxylic acids is 2. The Balaban J connectivity index is 0.00000261. The van der Waals surface area contributed by atoms with E-state index in [-0.39, 0.29) is 56.9 Å². The molecule has 0 radical (unpaired) electrons. The van der Waals surface area contributed by atoms with Crippen LogP contribution in [0, 0.1) is 0 Å². The van der Waals surface area contributed by atoms with Crippen LogP contribution in [0.15, 0.2) is 35.3 Å². The van der Waals surface area contributed by atoms with Crippen LogP contribution < -0.4 is 56.5 Å². The Kier molecular flexibility index (Phi) is 6.81. The molecule has 138 valence electrons. The van der Waals surface area contributed by atoms with Crippen LogP contribution in [-0.2, 0) is 14.4 Å². The molecule has 1 aromatic rings. The zero-order valence-electron chi connectivity index (χ0n) is 15.0. The molecule has 0 bridgehead atoms. The normalized spacial score (nSPS) is 27.2. The first-order valence-electron chi connectivity index (χ1n) is 7.90. The van der Waals surface area contributed by atoms with Gasteiger partial charge in [0.1, 0.15) is 17.3 Å². The van der Waals surface area contributed by atoms with Crippen molar-refractivity contribution in [3.05, 3.63) is 35.9 Å². The van der Waals surface area contributed by atoms with Gasteiger partial charge in [0, 0.05) is 4.75 Å². The molecule has 2 N–H and O–H groups in total. The van der Waals surface area contributed by atoms with Gasteiger partial charge < -0.3 is 20.2 Å². The second kappa shape index (κ2) is 8.22. The fourth-order valence-corrected chi connectivity index (χ4v) is 4.97. The van der Waals surface area contributed by atoms with Gasteiger partial charge in [0.25, 0.3) is 5.91 Å². The number of hydrogen-bond donors (Lipinski definition) is 2. The number of benzene rings is 1. The van der Waals surface area contributed by atoms with Crippen molar-refractivity contribution in [1.29, 1.82) is 0 Å². The molecule has 1 amide bonds. The van der Waals surface area contributed by atoms with Crippen LogP contribution in [0.2, 0.25) is 0 Å². The summed E-state index contributed by atoms with van der Waals surface area (Å²) in [5, 5.41) is 30.7. The molecule has 2 heterocycles. The first kappa shape index (κ1) is 22.4. The fourth-order valence-electron chi connectivity index (χ4n) is 3.36. The van der Waals surface area contributed by atoms with E-state index in [0.717, 1.165) is 0 Å². The van der Waals surface area contributed by atoms with Crippen molar-refractivity contribution >= 4 is 35.5 Å². The van der Waals surface area contributed by atoms with Gasteiger partial charge in [0.15, 0.2) is 6.04 Å². The van der Waals surface area contributed by atoms with Crippen molar-refractivity contribution in [2.75, 3.05) is 0 Å². The summed E-state index contributed by atoms with van der Waals surface area (Å²) in [6, 6.07) is 5.88. The zero-order valence-corrected chi connectivity index (χ0v) is 19.0. The Bertz CT molecular complexity index is 800. The molecule has 0 saturated carbocycles. The summed E-state index contributed by atoms with van der Waals surface area (Å²) in [6.45, 7) is 3.43. The molecule has 1 aromatic carbocycles. The average molecular weight is 416 g/mol. The van der Waals surface area contributed by atoms with Crippen LogP contribution >= 0.6 is 11.8 Å². The number of aliphatic imine (C=N–C) groups is 1. The van der Waals surface area contributed by atoms with E-state index >= 15 is 0 Å². The molecule has 2 aliphatic rings. The second-order valence-corrected chi connectivity index (χ2v) is 8.46. The number of thioether (sulfide) groups is 1. The smallest absolute Gasteiger partial charge is 0.861 e. The van der Waals surface area contributed by atoms with Gasteiger partial charge >= 0.3 is 63.3 Å². The SMILES string of the molecule is CC1(C)S[C@@H]2[C@H](N=C([O-])C(C(=O)O)c3ccccc3)C(=O)N2[C@H]1C(=O)O.[K+]. The van der Waals surface area contributed by atoms with E-state index in [2.05, 4.69) is 4.99 Å². The topological polar surface area (TPSA) is 130 Å². The van der Waals surface area contributed by atoms with Gasteiger partial charge in [0.05, 0.1) is 0 Å². The molecule has 27 heavy (non-hydrogen) atoms. The van der Waals surface area contributed by atoms with Crippen molar-refractivity contribution in [1.82, 2.24) is 4.90 Å². The van der Waals surface area contributed by atoms with Gasteiger partial charge in [0.2, 0.25) is 0 Å². The number of amides is 1. The van der Waals surface area contributed by atoms with Crippen molar-refractivity contribution in [3.8, 4) is 0 Å². The molecule has 3 rings (SSSR count). The maximum atomic E-state index is 12.5. The minimum Gasteiger partial charge on any atom is -0.861 e. The summed E-state index contributed by atoms with van der Waals surface area (Å²) in [7, 11) is 0. The van der Waals surface area contributed by atoms with Gasteiger partial charge in [-0.05, 0) is 25.3 Å². The molecule has 4 atom stereocenters. The third-order valence-electron chi connectivity index (χ3n) is 4.54. The number of carbonyl (C=O) groups is 3. The molecule has 1 unspecified atom stereocenters. The summed E-state index contributed by atoms with van der Waals surface area (Å²) >= 11 is 1.25. The third-order valence-corrected chi connectivity index (χ3v) is 6.10. The van der Waals surface area contributed by atoms with Crippen LogP contribution in [0.4, 0.5) is 0 Å². The van der Waals surface area contributed by atoms with E-state index in [9.17, 15) is 29.7 Å². The third kappa shape index (κ3) is 3.96. The van der Waals surface area contributed by atoms with Gasteiger partial charge in [-0.3, -0.25) is 14.6 Å². The number of carbonyl (C=O) groups excluding carboxylic acids is 1. The summed E-state index contributed by atoms with van der Waals surface area (Å²) in [5.41, 5.74) is 0.278. The molecule has 10 heteroatoms. The first-order chi connectivity index (χ1) is 12.1. The molecule has 0 aliphatic carbocycles. The zero-order chi connectivity index (χ0) is 19.2. The van der Waals surface area contributed by atoms with Crippen LogP contribution in [-0.4, -0.2) is 61.1 Å². The molecule has 2 saturated heterocycles. The standard InChI is InChI=1S/C17H18N2O6S.K/c1-17(2)11(16(24)25)19-13(21)10(14(19)26-17)18-12(20)9(15(22)23)8-6-4-3-5-7-8;/h3-7,9-11,14H,1-2H3,(H,18,20)(H,22,23)(H,24,25);/q;+1/p-1/t9?,10-,11+,14-;/m1./s1. The average Bonchev–Trinajstić information content (AvgIpc) is 2.82. The van der Waals surface area contributed by atoms with E-state index in [1.165, 1.54) is 28.8 Å². The summed E-state index contributed by atoms with van der Waals surface area (Å²) in [4.78, 5) is 40.4. The Morgan fingerprint density at radius 2 is 1.85 bits per heavy atom. The number of rotatable bonds is 5. The van der Waals surface area contributed by atoms with Crippen molar-refractivity contribution < 1.29 is 81.1 Å². The number of hydrogen-bond acceptors (Lipinski definition) is 6. The van der Waals surface area contributed by atoms with Gasteiger partial charge in [-0.15, -0.1) is 11.8 Å². The number of carboxylic acid groups (broad SMARTS) is 2. The van der Waals surface area contributed by atoms with Crippen molar-refractivity contribution in [2.45, 2.75) is 42.0 Å².